The Hall–Kier alpha value is -2.64. The minimum atomic E-state index is -3.90. The van der Waals surface area contributed by atoms with Crippen LogP contribution in [0.2, 0.25) is 0 Å². The molecule has 0 radical (unpaired) electrons. The second-order valence-corrected chi connectivity index (χ2v) is 7.26. The Morgan fingerprint density at radius 1 is 1.12 bits per heavy atom. The van der Waals surface area contributed by atoms with E-state index in [2.05, 4.69) is 0 Å². The van der Waals surface area contributed by atoms with E-state index in [4.69, 9.17) is 4.74 Å². The van der Waals surface area contributed by atoms with Crippen LogP contribution in [0, 0.1) is 0 Å². The molecule has 2 aromatic carbocycles. The summed E-state index contributed by atoms with van der Waals surface area (Å²) >= 11 is 0. The minimum Gasteiger partial charge on any atom is -0.497 e. The van der Waals surface area contributed by atoms with Gasteiger partial charge in [-0.25, -0.2) is 8.42 Å². The number of fused-ring (bicyclic) bond motifs is 1. The van der Waals surface area contributed by atoms with Gasteiger partial charge in [0.25, 0.3) is 10.0 Å². The van der Waals surface area contributed by atoms with Crippen LogP contribution >= 0.6 is 0 Å². The van der Waals surface area contributed by atoms with E-state index < -0.39 is 22.4 Å². The number of hydrogen-bond acceptors (Lipinski definition) is 5. The predicted molar refractivity (Wildman–Crippen MR) is 92.7 cm³/mol. The number of methoxy groups -OCH3 is 1. The molecule has 0 aromatic heterocycles. The molecule has 25 heavy (non-hydrogen) atoms. The van der Waals surface area contributed by atoms with Gasteiger partial charge in [0, 0.05) is 5.56 Å². The molecule has 1 aliphatic heterocycles. The third-order valence-corrected chi connectivity index (χ3v) is 5.79. The molecule has 0 bridgehead atoms. The zero-order chi connectivity index (χ0) is 18.0. The molecule has 0 unspecified atom stereocenters. The monoisotopic (exact) mass is 359 g/mol. The first-order chi connectivity index (χ1) is 12.0. The van der Waals surface area contributed by atoms with Gasteiger partial charge in [0.15, 0.2) is 0 Å². The lowest BCUT2D eigenvalue weighted by molar-refractivity contribution is 0.0998. The van der Waals surface area contributed by atoms with Crippen LogP contribution in [0.15, 0.2) is 59.1 Å². The predicted octanol–water partition coefficient (Wildman–Crippen LogP) is 1.92. The van der Waals surface area contributed by atoms with Gasteiger partial charge < -0.3 is 9.84 Å². The van der Waals surface area contributed by atoms with Gasteiger partial charge in [-0.1, -0.05) is 24.3 Å². The van der Waals surface area contributed by atoms with Crippen molar-refractivity contribution in [3.05, 3.63) is 65.4 Å². The van der Waals surface area contributed by atoms with Crippen molar-refractivity contribution in [1.29, 1.82) is 0 Å². The number of ether oxygens (including phenoxy) is 1. The highest BCUT2D eigenvalue weighted by molar-refractivity contribution is 7.89. The quantitative estimate of drug-likeness (QED) is 0.843. The van der Waals surface area contributed by atoms with Crippen molar-refractivity contribution in [2.45, 2.75) is 4.90 Å². The van der Waals surface area contributed by atoms with E-state index in [0.29, 0.717) is 11.3 Å². The summed E-state index contributed by atoms with van der Waals surface area (Å²) in [5.41, 5.74) is 0.802. The lowest BCUT2D eigenvalue weighted by atomic mass is 10.1. The number of carbonyl (C=O) groups excluding carboxylic acids is 1. The third kappa shape index (κ3) is 3.04. The molecule has 1 N–H and O–H groups in total. The number of β-amino-alcohol motifs (C(OH)–C–C–N with tert-alkyl or cyclic N) is 1. The third-order valence-electron chi connectivity index (χ3n) is 3.92. The van der Waals surface area contributed by atoms with Crippen molar-refractivity contribution in [2.75, 3.05) is 20.3 Å². The van der Waals surface area contributed by atoms with Crippen LogP contribution in [0.1, 0.15) is 15.9 Å². The molecule has 1 heterocycles. The van der Waals surface area contributed by atoms with Crippen LogP contribution in [0.3, 0.4) is 0 Å². The van der Waals surface area contributed by atoms with E-state index in [1.165, 1.54) is 18.2 Å². The topological polar surface area (TPSA) is 83.9 Å². The van der Waals surface area contributed by atoms with Crippen LogP contribution in [0.25, 0.3) is 6.08 Å². The van der Waals surface area contributed by atoms with Crippen molar-refractivity contribution >= 4 is 21.9 Å². The Kier molecular flexibility index (Phi) is 4.61. The number of carbonyl (C=O) groups is 1. The molecule has 3 rings (SSSR count). The lowest BCUT2D eigenvalue weighted by Crippen LogP contribution is -2.40. The maximum atomic E-state index is 12.8. The number of benzene rings is 2. The summed E-state index contributed by atoms with van der Waals surface area (Å²) in [6, 6.07) is 13.0. The maximum absolute atomic E-state index is 12.8. The Morgan fingerprint density at radius 3 is 2.44 bits per heavy atom. The summed E-state index contributed by atoms with van der Waals surface area (Å²) in [5.74, 6) is 0.261. The van der Waals surface area contributed by atoms with E-state index >= 15 is 0 Å². The average molecular weight is 359 g/mol. The maximum Gasteiger partial charge on any atom is 0.265 e. The highest BCUT2D eigenvalue weighted by Gasteiger charge is 2.38. The normalized spacial score (nSPS) is 17.4. The minimum absolute atomic E-state index is 0.0120. The average Bonchev–Trinajstić information content (AvgIpc) is 2.63. The number of Topliss-reactive ketones (excluding diaryl/α,β-unsaturated/α-hetero) is 1. The fourth-order valence-electron chi connectivity index (χ4n) is 2.71. The van der Waals surface area contributed by atoms with Crippen molar-refractivity contribution in [3.8, 4) is 5.75 Å². The van der Waals surface area contributed by atoms with Crippen LogP contribution < -0.4 is 4.74 Å². The van der Waals surface area contributed by atoms with Gasteiger partial charge in [-0.3, -0.25) is 9.10 Å². The van der Waals surface area contributed by atoms with Crippen LogP contribution in [0.5, 0.6) is 5.75 Å². The van der Waals surface area contributed by atoms with Gasteiger partial charge in [0.1, 0.15) is 11.4 Å². The molecule has 0 saturated carbocycles. The Labute approximate surface area is 146 Å². The highest BCUT2D eigenvalue weighted by Crippen LogP contribution is 2.33. The van der Waals surface area contributed by atoms with Gasteiger partial charge in [0.05, 0.1) is 25.2 Å². The smallest absolute Gasteiger partial charge is 0.265 e. The first kappa shape index (κ1) is 17.2. The first-order valence-corrected chi connectivity index (χ1v) is 9.06. The molecule has 0 fully saturated rings. The summed E-state index contributed by atoms with van der Waals surface area (Å²) in [7, 11) is -2.35. The summed E-state index contributed by atoms with van der Waals surface area (Å²) in [6.07, 6.45) is 1.50. The standard InChI is InChI=1S/C18H17NO5S/c1-24-14-8-6-13(7-9-14)12-16-18(21)15-4-2-3-5-17(15)25(22,23)19(16)10-11-20/h2-9,12,20H,10-11H2,1H3/b16-12+. The Bertz CT molecular complexity index is 932. The van der Waals surface area contributed by atoms with E-state index in [0.717, 1.165) is 4.31 Å². The van der Waals surface area contributed by atoms with Crippen molar-refractivity contribution in [3.63, 3.8) is 0 Å². The molecule has 0 spiro atoms. The second-order valence-electron chi connectivity index (χ2n) is 5.43. The molecule has 1 aliphatic rings. The van der Waals surface area contributed by atoms with Crippen molar-refractivity contribution < 1.29 is 23.1 Å². The number of rotatable bonds is 4. The molecule has 130 valence electrons. The molecule has 2 aromatic rings. The van der Waals surface area contributed by atoms with E-state index in [1.807, 2.05) is 0 Å². The summed E-state index contributed by atoms with van der Waals surface area (Å²) in [6.45, 7) is -0.584. The molecular formula is C18H17NO5S. The van der Waals surface area contributed by atoms with Gasteiger partial charge in [-0.15, -0.1) is 0 Å². The van der Waals surface area contributed by atoms with Crippen LogP contribution in [-0.2, 0) is 10.0 Å². The number of aliphatic hydroxyl groups excluding tert-OH is 1. The zero-order valence-corrected chi connectivity index (χ0v) is 14.4. The summed E-state index contributed by atoms with van der Waals surface area (Å²) < 4.78 is 31.7. The Morgan fingerprint density at radius 2 is 1.80 bits per heavy atom. The van der Waals surface area contributed by atoms with E-state index in [1.54, 1.807) is 43.5 Å². The summed E-state index contributed by atoms with van der Waals surface area (Å²) in [4.78, 5) is 12.8. The number of aliphatic hydroxyl groups is 1. The van der Waals surface area contributed by atoms with Crippen LogP contribution in [-0.4, -0.2) is 43.9 Å². The lowest BCUT2D eigenvalue weighted by Gasteiger charge is -2.30. The molecular weight excluding hydrogens is 342 g/mol. The van der Waals surface area contributed by atoms with Crippen molar-refractivity contribution in [1.82, 2.24) is 4.31 Å². The molecule has 6 nitrogen and oxygen atoms in total. The second kappa shape index (κ2) is 6.70. The first-order valence-electron chi connectivity index (χ1n) is 7.62. The van der Waals surface area contributed by atoms with Gasteiger partial charge in [-0.05, 0) is 35.9 Å². The number of ketones is 1. The number of nitrogens with zero attached hydrogens (tertiary/aromatic N) is 1. The fraction of sp³-hybridized carbons (Fsp3) is 0.167. The SMILES string of the molecule is COc1ccc(/C=C2\C(=O)c3ccccc3S(=O)(=O)N2CCO)cc1. The highest BCUT2D eigenvalue weighted by atomic mass is 32.2. The van der Waals surface area contributed by atoms with Gasteiger partial charge in [0.2, 0.25) is 5.78 Å². The van der Waals surface area contributed by atoms with Gasteiger partial charge >= 0.3 is 0 Å². The fourth-order valence-corrected chi connectivity index (χ4v) is 4.35. The number of allylic oxidation sites excluding steroid dienone is 1. The number of hydrogen-bond donors (Lipinski definition) is 1. The largest absolute Gasteiger partial charge is 0.497 e. The zero-order valence-electron chi connectivity index (χ0n) is 13.5. The molecule has 0 aliphatic carbocycles. The van der Waals surface area contributed by atoms with E-state index in [9.17, 15) is 18.3 Å². The summed E-state index contributed by atoms with van der Waals surface area (Å²) in [5, 5.41) is 9.28. The molecule has 0 saturated heterocycles. The van der Waals surface area contributed by atoms with Crippen LogP contribution in [0.4, 0.5) is 0 Å². The molecule has 7 heteroatoms. The van der Waals surface area contributed by atoms with E-state index in [-0.39, 0.29) is 22.7 Å². The van der Waals surface area contributed by atoms with Gasteiger partial charge in [-0.2, -0.15) is 0 Å². The Balaban J connectivity index is 2.16. The molecule has 0 atom stereocenters. The molecule has 0 amide bonds. The van der Waals surface area contributed by atoms with Crippen molar-refractivity contribution in [2.24, 2.45) is 0 Å². The number of sulfonamides is 1.